The van der Waals surface area contributed by atoms with Gasteiger partial charge in [0.2, 0.25) is 0 Å². The summed E-state index contributed by atoms with van der Waals surface area (Å²) in [7, 11) is 1.66. The van der Waals surface area contributed by atoms with Gasteiger partial charge in [-0.1, -0.05) is 0 Å². The van der Waals surface area contributed by atoms with Gasteiger partial charge >= 0.3 is 0 Å². The molecule has 0 aliphatic carbocycles. The molecule has 0 aliphatic heterocycles. The molecule has 0 atom stereocenters. The summed E-state index contributed by atoms with van der Waals surface area (Å²) in [5.41, 5.74) is 1.79. The van der Waals surface area contributed by atoms with Crippen LogP contribution in [0.25, 0.3) is 10.7 Å². The summed E-state index contributed by atoms with van der Waals surface area (Å²) in [5, 5.41) is 2.88. The topological polar surface area (TPSA) is 47.9 Å². The molecule has 0 N–H and O–H groups in total. The summed E-state index contributed by atoms with van der Waals surface area (Å²) in [4.78, 5) is 12.3. The normalized spacial score (nSPS) is 10.4. The van der Waals surface area contributed by atoms with E-state index in [1.807, 2.05) is 11.4 Å². The first-order chi connectivity index (χ1) is 6.90. The maximum atomic E-state index is 4.99. The fourth-order valence-electron chi connectivity index (χ4n) is 1.06. The van der Waals surface area contributed by atoms with Crippen LogP contribution >= 0.6 is 11.3 Å². The van der Waals surface area contributed by atoms with Crippen molar-refractivity contribution in [3.8, 4) is 10.7 Å². The van der Waals surface area contributed by atoms with Crippen LogP contribution in [0.5, 0.6) is 0 Å². The van der Waals surface area contributed by atoms with Crippen molar-refractivity contribution in [1.82, 2.24) is 15.0 Å². The first-order valence-electron chi connectivity index (χ1n) is 4.10. The van der Waals surface area contributed by atoms with Gasteiger partial charge in [-0.3, -0.25) is 0 Å². The predicted octanol–water partition coefficient (Wildman–Crippen LogP) is 1.75. The molecule has 0 unspecified atom stereocenters. The summed E-state index contributed by atoms with van der Waals surface area (Å²) in [6, 6.07) is 1.84. The first-order valence-corrected chi connectivity index (χ1v) is 4.98. The Hall–Kier alpha value is -1.33. The van der Waals surface area contributed by atoms with E-state index >= 15 is 0 Å². The molecular formula is C9H9N3OS. The molecule has 0 saturated carbocycles. The standard InChI is InChI=1S/C9H9N3OS/c1-13-4-7-5-14-9(12-7)8-2-3-10-6-11-8/h2-3,5-6H,4H2,1H3. The Bertz CT molecular complexity index is 401. The van der Waals surface area contributed by atoms with Crippen LogP contribution in [-0.4, -0.2) is 22.1 Å². The SMILES string of the molecule is COCc1csc(-c2ccncn2)n1. The van der Waals surface area contributed by atoms with Crippen molar-refractivity contribution >= 4 is 11.3 Å². The van der Waals surface area contributed by atoms with E-state index in [4.69, 9.17) is 4.74 Å². The second kappa shape index (κ2) is 4.26. The number of aromatic nitrogens is 3. The van der Waals surface area contributed by atoms with Crippen molar-refractivity contribution < 1.29 is 4.74 Å². The molecule has 0 fully saturated rings. The lowest BCUT2D eigenvalue weighted by molar-refractivity contribution is 0.182. The summed E-state index contributed by atoms with van der Waals surface area (Å²) in [6.07, 6.45) is 3.23. The largest absolute Gasteiger partial charge is 0.378 e. The number of hydrogen-bond donors (Lipinski definition) is 0. The zero-order valence-electron chi connectivity index (χ0n) is 7.67. The molecule has 2 rings (SSSR count). The lowest BCUT2D eigenvalue weighted by Gasteiger charge is -1.93. The number of methoxy groups -OCH3 is 1. The Kier molecular flexibility index (Phi) is 2.81. The van der Waals surface area contributed by atoms with Crippen molar-refractivity contribution in [3.05, 3.63) is 29.7 Å². The number of ether oxygens (including phenoxy) is 1. The molecule has 2 aromatic heterocycles. The van der Waals surface area contributed by atoms with Gasteiger partial charge in [0.1, 0.15) is 17.0 Å². The number of nitrogens with zero attached hydrogens (tertiary/aromatic N) is 3. The van der Waals surface area contributed by atoms with Crippen molar-refractivity contribution in [2.24, 2.45) is 0 Å². The molecule has 2 heterocycles. The van der Waals surface area contributed by atoms with Gasteiger partial charge < -0.3 is 4.74 Å². The minimum absolute atomic E-state index is 0.543. The van der Waals surface area contributed by atoms with E-state index in [1.165, 1.54) is 6.33 Å². The van der Waals surface area contributed by atoms with Gasteiger partial charge in [-0.15, -0.1) is 11.3 Å². The minimum atomic E-state index is 0.543. The molecule has 72 valence electrons. The van der Waals surface area contributed by atoms with Crippen molar-refractivity contribution in [1.29, 1.82) is 0 Å². The van der Waals surface area contributed by atoms with Gasteiger partial charge in [-0.05, 0) is 6.07 Å². The number of rotatable bonds is 3. The average molecular weight is 207 g/mol. The van der Waals surface area contributed by atoms with Gasteiger partial charge in [-0.25, -0.2) is 15.0 Å². The molecule has 0 amide bonds. The lowest BCUT2D eigenvalue weighted by atomic mass is 10.4. The maximum absolute atomic E-state index is 4.99. The molecule has 4 nitrogen and oxygen atoms in total. The van der Waals surface area contributed by atoms with E-state index < -0.39 is 0 Å². The fourth-order valence-corrected chi connectivity index (χ4v) is 1.84. The van der Waals surface area contributed by atoms with Crippen molar-refractivity contribution in [3.63, 3.8) is 0 Å². The predicted molar refractivity (Wildman–Crippen MR) is 53.9 cm³/mol. The number of hydrogen-bond acceptors (Lipinski definition) is 5. The number of thiazole rings is 1. The third kappa shape index (κ3) is 1.94. The zero-order chi connectivity index (χ0) is 9.80. The molecule has 14 heavy (non-hydrogen) atoms. The summed E-state index contributed by atoms with van der Waals surface area (Å²) >= 11 is 1.56. The Labute approximate surface area is 85.6 Å². The van der Waals surface area contributed by atoms with E-state index in [1.54, 1.807) is 24.6 Å². The Morgan fingerprint density at radius 3 is 3.14 bits per heavy atom. The monoisotopic (exact) mass is 207 g/mol. The van der Waals surface area contributed by atoms with Crippen molar-refractivity contribution in [2.45, 2.75) is 6.61 Å². The van der Waals surface area contributed by atoms with Crippen LogP contribution in [0.15, 0.2) is 24.0 Å². The van der Waals surface area contributed by atoms with E-state index in [9.17, 15) is 0 Å². The van der Waals surface area contributed by atoms with E-state index in [2.05, 4.69) is 15.0 Å². The smallest absolute Gasteiger partial charge is 0.142 e. The highest BCUT2D eigenvalue weighted by Crippen LogP contribution is 2.20. The Balaban J connectivity index is 2.25. The molecule has 0 bridgehead atoms. The molecule has 5 heteroatoms. The van der Waals surface area contributed by atoms with Crippen molar-refractivity contribution in [2.75, 3.05) is 7.11 Å². The van der Waals surface area contributed by atoms with Crippen LogP contribution in [0, 0.1) is 0 Å². The molecule has 0 aromatic carbocycles. The summed E-state index contributed by atoms with van der Waals surface area (Å²) < 4.78 is 4.99. The molecule has 2 aromatic rings. The van der Waals surface area contributed by atoms with Crippen LogP contribution in [0.3, 0.4) is 0 Å². The average Bonchev–Trinajstić information content (AvgIpc) is 2.68. The lowest BCUT2D eigenvalue weighted by Crippen LogP contribution is -1.88. The molecular weight excluding hydrogens is 198 g/mol. The Morgan fingerprint density at radius 2 is 2.43 bits per heavy atom. The van der Waals surface area contributed by atoms with Gasteiger partial charge in [0.25, 0.3) is 0 Å². The summed E-state index contributed by atoms with van der Waals surface area (Å²) in [5.74, 6) is 0. The van der Waals surface area contributed by atoms with Crippen LogP contribution in [0.4, 0.5) is 0 Å². The molecule has 0 aliphatic rings. The molecule has 0 saturated heterocycles. The van der Waals surface area contributed by atoms with Crippen LogP contribution in [-0.2, 0) is 11.3 Å². The third-order valence-corrected chi connectivity index (χ3v) is 2.56. The Morgan fingerprint density at radius 1 is 1.50 bits per heavy atom. The second-order valence-electron chi connectivity index (χ2n) is 2.67. The summed E-state index contributed by atoms with van der Waals surface area (Å²) in [6.45, 7) is 0.543. The van der Waals surface area contributed by atoms with Crippen LogP contribution in [0.2, 0.25) is 0 Å². The van der Waals surface area contributed by atoms with E-state index in [0.717, 1.165) is 16.4 Å². The second-order valence-corrected chi connectivity index (χ2v) is 3.53. The highest BCUT2D eigenvalue weighted by Gasteiger charge is 2.04. The quantitative estimate of drug-likeness (QED) is 0.769. The highest BCUT2D eigenvalue weighted by atomic mass is 32.1. The molecule has 0 radical (unpaired) electrons. The third-order valence-electron chi connectivity index (χ3n) is 1.65. The van der Waals surface area contributed by atoms with Gasteiger partial charge in [0.05, 0.1) is 12.3 Å². The van der Waals surface area contributed by atoms with E-state index in [0.29, 0.717) is 6.61 Å². The first kappa shape index (κ1) is 9.23. The highest BCUT2D eigenvalue weighted by molar-refractivity contribution is 7.13. The van der Waals surface area contributed by atoms with Crippen LogP contribution in [0.1, 0.15) is 5.69 Å². The molecule has 0 spiro atoms. The van der Waals surface area contributed by atoms with Gasteiger partial charge in [-0.2, -0.15) is 0 Å². The van der Waals surface area contributed by atoms with Gasteiger partial charge in [0.15, 0.2) is 0 Å². The van der Waals surface area contributed by atoms with Gasteiger partial charge in [0, 0.05) is 18.7 Å². The van der Waals surface area contributed by atoms with E-state index in [-0.39, 0.29) is 0 Å². The maximum Gasteiger partial charge on any atom is 0.142 e. The zero-order valence-corrected chi connectivity index (χ0v) is 8.49. The van der Waals surface area contributed by atoms with Crippen LogP contribution < -0.4 is 0 Å². The fraction of sp³-hybridized carbons (Fsp3) is 0.222. The minimum Gasteiger partial charge on any atom is -0.378 e.